The third-order valence-electron chi connectivity index (χ3n) is 8.18. The minimum absolute atomic E-state index is 0.0172. The number of hydroxylamine groups is 2. The lowest BCUT2D eigenvalue weighted by Gasteiger charge is -2.49. The van der Waals surface area contributed by atoms with Gasteiger partial charge in [-0.15, -0.1) is 0 Å². The topological polar surface area (TPSA) is 163 Å². The van der Waals surface area contributed by atoms with Crippen molar-refractivity contribution in [1.29, 1.82) is 0 Å². The highest BCUT2D eigenvalue weighted by atomic mass is 35.5. The zero-order valence-electron chi connectivity index (χ0n) is 24.1. The van der Waals surface area contributed by atoms with Gasteiger partial charge in [0, 0.05) is 22.7 Å². The summed E-state index contributed by atoms with van der Waals surface area (Å²) in [5, 5.41) is 9.66. The number of benzene rings is 3. The van der Waals surface area contributed by atoms with Gasteiger partial charge in [-0.2, -0.15) is 5.48 Å². The zero-order chi connectivity index (χ0) is 31.4. The molecule has 3 aromatic rings. The molecule has 0 aromatic heterocycles. The lowest BCUT2D eigenvalue weighted by atomic mass is 9.76. The largest absolute Gasteiger partial charge is 0.326 e. The number of sulfonamides is 1. The molecule has 2 aliphatic rings. The van der Waals surface area contributed by atoms with Gasteiger partial charge in [0.25, 0.3) is 11.8 Å². The van der Waals surface area contributed by atoms with Crippen LogP contribution in [0.5, 0.6) is 0 Å². The summed E-state index contributed by atoms with van der Waals surface area (Å²) >= 11 is 6.22. The van der Waals surface area contributed by atoms with Crippen LogP contribution in [0.25, 0.3) is 0 Å². The molecule has 1 unspecified atom stereocenters. The molecule has 2 amide bonds. The molecule has 234 valence electrons. The van der Waals surface area contributed by atoms with Crippen molar-refractivity contribution in [3.63, 3.8) is 0 Å². The molecular weight excluding hydrogens is 606 g/mol. The number of nitrogens with two attached hydrogens (primary N) is 1. The van der Waals surface area contributed by atoms with E-state index in [9.17, 15) is 18.0 Å². The van der Waals surface area contributed by atoms with E-state index in [4.69, 9.17) is 27.4 Å². The van der Waals surface area contributed by atoms with Crippen LogP contribution in [0.3, 0.4) is 0 Å². The first-order valence-corrected chi connectivity index (χ1v) is 16.6. The highest BCUT2D eigenvalue weighted by Gasteiger charge is 2.49. The summed E-state index contributed by atoms with van der Waals surface area (Å²) in [5.41, 5.74) is 13.4. The normalized spacial score (nSPS) is 22.7. The minimum atomic E-state index is -3.57. The fourth-order valence-electron chi connectivity index (χ4n) is 6.28. The second-order valence-corrected chi connectivity index (χ2v) is 13.4. The maximum absolute atomic E-state index is 14.3. The SMILES string of the molecule is CS(=O)(=O)N[C@H]1CCCC[C@@H]1N1C(=O)c2ccccc2[C@@H](C(=O)NOCc2cccc(C(N)NO)c2)[C@@H]1c1ccc(Cl)cc1. The van der Waals surface area contributed by atoms with Crippen molar-refractivity contribution >= 4 is 33.4 Å². The molecule has 0 spiro atoms. The molecule has 3 aromatic carbocycles. The van der Waals surface area contributed by atoms with Gasteiger partial charge in [0.15, 0.2) is 0 Å². The number of fused-ring (bicyclic) bond motifs is 1. The first kappa shape index (κ1) is 32.0. The predicted octanol–water partition coefficient (Wildman–Crippen LogP) is 3.67. The maximum atomic E-state index is 14.3. The standard InChI is InChI=1S/C31H36ClN5O6S/c1-44(41,42)36-25-11-4-5-12-26(25)37-28(20-13-15-22(32)16-14-20)27(23-9-2-3-10-24(23)31(37)39)30(38)35-43-18-19-7-6-8-21(17-19)29(33)34-40/h2-3,6-10,13-17,25-29,34,36,40H,4-5,11-12,18,33H2,1H3,(H,35,38)/t25-,26-,27+,28-,29?/m0/s1. The van der Waals surface area contributed by atoms with Crippen LogP contribution in [-0.4, -0.2) is 48.7 Å². The molecule has 1 heterocycles. The van der Waals surface area contributed by atoms with Gasteiger partial charge < -0.3 is 15.8 Å². The minimum Gasteiger partial charge on any atom is -0.326 e. The highest BCUT2D eigenvalue weighted by Crippen LogP contribution is 2.46. The van der Waals surface area contributed by atoms with E-state index < -0.39 is 46.1 Å². The fourth-order valence-corrected chi connectivity index (χ4v) is 7.23. The number of carbonyl (C=O) groups excluding carboxylic acids is 2. The Kier molecular flexibility index (Phi) is 10.0. The van der Waals surface area contributed by atoms with Crippen molar-refractivity contribution in [1.82, 2.24) is 20.6 Å². The van der Waals surface area contributed by atoms with Crippen molar-refractivity contribution in [2.24, 2.45) is 5.73 Å². The Balaban J connectivity index is 1.51. The third-order valence-corrected chi connectivity index (χ3v) is 9.17. The monoisotopic (exact) mass is 641 g/mol. The Hall–Kier alpha value is -3.36. The number of carbonyl (C=O) groups is 2. The summed E-state index contributed by atoms with van der Waals surface area (Å²) in [7, 11) is -3.57. The Morgan fingerprint density at radius 1 is 1.09 bits per heavy atom. The fraction of sp³-hybridized carbons (Fsp3) is 0.355. The van der Waals surface area contributed by atoms with Gasteiger partial charge in [-0.25, -0.2) is 18.6 Å². The van der Waals surface area contributed by atoms with E-state index in [-0.39, 0.29) is 12.5 Å². The molecule has 11 nitrogen and oxygen atoms in total. The smallest absolute Gasteiger partial charge is 0.255 e. The van der Waals surface area contributed by atoms with E-state index in [0.717, 1.165) is 19.1 Å². The molecule has 1 aliphatic carbocycles. The molecule has 1 aliphatic heterocycles. The van der Waals surface area contributed by atoms with Crippen LogP contribution in [0.15, 0.2) is 72.8 Å². The van der Waals surface area contributed by atoms with Gasteiger partial charge in [-0.3, -0.25) is 14.4 Å². The van der Waals surface area contributed by atoms with Crippen LogP contribution in [-0.2, 0) is 26.3 Å². The van der Waals surface area contributed by atoms with E-state index in [0.29, 0.717) is 45.7 Å². The number of nitrogens with one attached hydrogen (secondary N) is 3. The number of rotatable bonds is 10. The molecule has 5 atom stereocenters. The lowest BCUT2D eigenvalue weighted by Crippen LogP contribution is -2.59. The molecule has 0 bridgehead atoms. The maximum Gasteiger partial charge on any atom is 0.255 e. The number of nitrogens with zero attached hydrogens (tertiary/aromatic N) is 1. The quantitative estimate of drug-likeness (QED) is 0.165. The predicted molar refractivity (Wildman–Crippen MR) is 165 cm³/mol. The molecular formula is C31H36ClN5O6S. The second-order valence-electron chi connectivity index (χ2n) is 11.2. The summed E-state index contributed by atoms with van der Waals surface area (Å²) in [4.78, 5) is 35.7. The van der Waals surface area contributed by atoms with Gasteiger partial charge in [0.2, 0.25) is 10.0 Å². The van der Waals surface area contributed by atoms with Crippen molar-refractivity contribution in [3.8, 4) is 0 Å². The highest BCUT2D eigenvalue weighted by molar-refractivity contribution is 7.88. The van der Waals surface area contributed by atoms with E-state index in [2.05, 4.69) is 10.2 Å². The summed E-state index contributed by atoms with van der Waals surface area (Å²) in [5.74, 6) is -1.63. The number of hydrogen-bond acceptors (Lipinski definition) is 8. The van der Waals surface area contributed by atoms with Crippen molar-refractivity contribution in [2.45, 2.75) is 62.5 Å². The van der Waals surface area contributed by atoms with Crippen LogP contribution in [0.4, 0.5) is 0 Å². The van der Waals surface area contributed by atoms with Crippen LogP contribution in [0.2, 0.25) is 5.02 Å². The number of amides is 2. The molecule has 6 N–H and O–H groups in total. The molecule has 1 saturated carbocycles. The Labute approximate surface area is 261 Å². The first-order chi connectivity index (χ1) is 21.1. The third kappa shape index (κ3) is 7.13. The molecule has 1 fully saturated rings. The zero-order valence-corrected chi connectivity index (χ0v) is 25.7. The van der Waals surface area contributed by atoms with Crippen molar-refractivity contribution in [2.75, 3.05) is 6.26 Å². The van der Waals surface area contributed by atoms with Crippen LogP contribution in [0.1, 0.15) is 76.4 Å². The average molecular weight is 642 g/mol. The first-order valence-electron chi connectivity index (χ1n) is 14.4. The van der Waals surface area contributed by atoms with Gasteiger partial charge in [0.1, 0.15) is 6.17 Å². The van der Waals surface area contributed by atoms with Crippen molar-refractivity contribution in [3.05, 3.63) is 106 Å². The van der Waals surface area contributed by atoms with Crippen LogP contribution in [0, 0.1) is 0 Å². The summed E-state index contributed by atoms with van der Waals surface area (Å²) < 4.78 is 27.4. The van der Waals surface area contributed by atoms with Gasteiger partial charge >= 0.3 is 0 Å². The van der Waals surface area contributed by atoms with Crippen LogP contribution >= 0.6 is 11.6 Å². The second kappa shape index (κ2) is 13.7. The van der Waals surface area contributed by atoms with E-state index >= 15 is 0 Å². The lowest BCUT2D eigenvalue weighted by molar-refractivity contribution is -0.138. The Morgan fingerprint density at radius 2 is 1.82 bits per heavy atom. The van der Waals surface area contributed by atoms with E-state index in [1.54, 1.807) is 77.7 Å². The number of hydrogen-bond donors (Lipinski definition) is 5. The van der Waals surface area contributed by atoms with Crippen molar-refractivity contribution < 1.29 is 28.1 Å². The van der Waals surface area contributed by atoms with Gasteiger partial charge in [-0.1, -0.05) is 79.0 Å². The number of halogens is 1. The Morgan fingerprint density at radius 3 is 2.55 bits per heavy atom. The molecule has 0 radical (unpaired) electrons. The van der Waals surface area contributed by atoms with Gasteiger partial charge in [-0.05, 0) is 53.3 Å². The average Bonchev–Trinajstić information content (AvgIpc) is 3.01. The molecule has 13 heteroatoms. The summed E-state index contributed by atoms with van der Waals surface area (Å²) in [6.07, 6.45) is 3.07. The molecule has 0 saturated heterocycles. The summed E-state index contributed by atoms with van der Waals surface area (Å²) in [6, 6.07) is 19.2. The molecule has 44 heavy (non-hydrogen) atoms. The molecule has 5 rings (SSSR count). The van der Waals surface area contributed by atoms with E-state index in [1.165, 1.54) is 0 Å². The Bertz CT molecular complexity index is 1610. The van der Waals surface area contributed by atoms with Crippen LogP contribution < -0.4 is 21.4 Å². The summed E-state index contributed by atoms with van der Waals surface area (Å²) in [6.45, 7) is 0.0172. The van der Waals surface area contributed by atoms with Gasteiger partial charge in [0.05, 0.1) is 24.8 Å². The van der Waals surface area contributed by atoms with E-state index in [1.807, 2.05) is 5.48 Å².